The predicted octanol–water partition coefficient (Wildman–Crippen LogP) is 8.17. The Morgan fingerprint density at radius 3 is 1.50 bits per heavy atom. The number of hydrogen-bond acceptors (Lipinski definition) is 7. The van der Waals surface area contributed by atoms with E-state index in [4.69, 9.17) is 18.9 Å². The second-order valence-corrected chi connectivity index (χ2v) is 10.6. The fourth-order valence-electron chi connectivity index (χ4n) is 4.53. The van der Waals surface area contributed by atoms with E-state index >= 15 is 0 Å². The third kappa shape index (κ3) is 9.89. The quantitative estimate of drug-likeness (QED) is 0.0649. The molecule has 0 aromatic heterocycles. The summed E-state index contributed by atoms with van der Waals surface area (Å²) in [5.41, 5.74) is 3.25. The highest BCUT2D eigenvalue weighted by Crippen LogP contribution is 2.18. The molecule has 0 saturated heterocycles. The molecule has 0 heterocycles. The topological polar surface area (TPSA) is 88.1 Å². The van der Waals surface area contributed by atoms with E-state index in [1.807, 2.05) is 60.7 Å². The molecule has 7 heteroatoms. The molecule has 0 aliphatic rings. The first-order valence-corrected chi connectivity index (χ1v) is 15.3. The number of allylic oxidation sites excluding steroid dienone is 2. The Bertz CT molecular complexity index is 1840. The van der Waals surface area contributed by atoms with Crippen LogP contribution >= 0.6 is 0 Å². The molecule has 0 unspecified atom stereocenters. The molecule has 5 rings (SSSR count). The van der Waals surface area contributed by atoms with Gasteiger partial charge in [-0.05, 0) is 83.9 Å². The van der Waals surface area contributed by atoms with Gasteiger partial charge in [0.05, 0.1) is 12.7 Å². The molecule has 0 fully saturated rings. The normalized spacial score (nSPS) is 11.6. The van der Waals surface area contributed by atoms with Crippen molar-refractivity contribution in [2.75, 3.05) is 20.3 Å². The van der Waals surface area contributed by atoms with Crippen molar-refractivity contribution in [3.05, 3.63) is 173 Å². The summed E-state index contributed by atoms with van der Waals surface area (Å²) in [6, 6.07) is 39.2. The van der Waals surface area contributed by atoms with Crippen molar-refractivity contribution < 1.29 is 33.3 Å². The second-order valence-electron chi connectivity index (χ2n) is 10.6. The van der Waals surface area contributed by atoms with Crippen molar-refractivity contribution in [2.24, 2.45) is 0 Å². The van der Waals surface area contributed by atoms with Gasteiger partial charge in [-0.3, -0.25) is 9.59 Å². The van der Waals surface area contributed by atoms with Crippen LogP contribution in [0.4, 0.5) is 0 Å². The Morgan fingerprint density at radius 2 is 0.958 bits per heavy atom. The Hall–Kier alpha value is -6.21. The summed E-state index contributed by atoms with van der Waals surface area (Å²) in [6.07, 6.45) is 5.81. The molecular formula is C41H34O7. The molecule has 5 aromatic carbocycles. The number of rotatable bonds is 15. The Kier molecular flexibility index (Phi) is 11.7. The molecule has 0 aliphatic heterocycles. The van der Waals surface area contributed by atoms with Crippen molar-refractivity contribution in [1.29, 1.82) is 0 Å². The lowest BCUT2D eigenvalue weighted by atomic mass is 10.1. The van der Waals surface area contributed by atoms with Gasteiger partial charge >= 0.3 is 5.97 Å². The van der Waals surface area contributed by atoms with Gasteiger partial charge in [0.1, 0.15) is 30.5 Å². The average molecular weight is 639 g/mol. The molecule has 0 saturated carbocycles. The van der Waals surface area contributed by atoms with E-state index < -0.39 is 12.1 Å². The highest BCUT2D eigenvalue weighted by Gasteiger charge is 2.19. The van der Waals surface area contributed by atoms with Crippen LogP contribution in [0.15, 0.2) is 146 Å². The van der Waals surface area contributed by atoms with Gasteiger partial charge in [-0.1, -0.05) is 84.9 Å². The first kappa shape index (κ1) is 33.2. The minimum Gasteiger partial charge on any atom is -0.497 e. The molecule has 0 bridgehead atoms. The van der Waals surface area contributed by atoms with Crippen molar-refractivity contribution in [1.82, 2.24) is 0 Å². The fourth-order valence-corrected chi connectivity index (χ4v) is 4.53. The van der Waals surface area contributed by atoms with E-state index in [0.29, 0.717) is 33.9 Å². The maximum Gasteiger partial charge on any atom is 0.338 e. The summed E-state index contributed by atoms with van der Waals surface area (Å²) in [5, 5.41) is 0. The second kappa shape index (κ2) is 16.9. The van der Waals surface area contributed by atoms with Gasteiger partial charge in [-0.2, -0.15) is 0 Å². The van der Waals surface area contributed by atoms with Gasteiger partial charge in [-0.25, -0.2) is 4.79 Å². The molecule has 1 atom stereocenters. The summed E-state index contributed by atoms with van der Waals surface area (Å²) in [7, 11) is 1.55. The molecule has 0 aliphatic carbocycles. The van der Waals surface area contributed by atoms with Gasteiger partial charge in [0.15, 0.2) is 17.7 Å². The zero-order chi connectivity index (χ0) is 33.6. The van der Waals surface area contributed by atoms with Crippen LogP contribution in [0.3, 0.4) is 0 Å². The SMILES string of the molecule is COc1ccc(C(=O)O[C@@H](COc2ccc(/C=C/C(=O)c3ccccc3)cc2)COc2ccc(C(=O)C=Cc3ccccc3)cc2)cc1. The standard InChI is InChI=1S/C41H34O7/c1-45-35-22-18-34(19-23-35)41(44)48-38(28-46-36-20-12-31(13-21-36)15-27-39(42)32-10-6-3-7-11-32)29-47-37-24-16-33(17-25-37)40(43)26-14-30-8-4-2-5-9-30/h2-27,38H,28-29H2,1H3/b26-14?,27-15+/t38-/m0/s1. The monoisotopic (exact) mass is 638 g/mol. The van der Waals surface area contributed by atoms with E-state index in [0.717, 1.165) is 11.1 Å². The predicted molar refractivity (Wildman–Crippen MR) is 186 cm³/mol. The van der Waals surface area contributed by atoms with Crippen LogP contribution in [0.5, 0.6) is 17.2 Å². The van der Waals surface area contributed by atoms with Crippen molar-refractivity contribution in [2.45, 2.75) is 6.10 Å². The number of hydrogen-bond donors (Lipinski definition) is 0. The van der Waals surface area contributed by atoms with Gasteiger partial charge < -0.3 is 18.9 Å². The number of carbonyl (C=O) groups is 3. The van der Waals surface area contributed by atoms with E-state index in [2.05, 4.69) is 0 Å². The van der Waals surface area contributed by atoms with Crippen molar-refractivity contribution in [3.63, 3.8) is 0 Å². The van der Waals surface area contributed by atoms with Gasteiger partial charge in [0, 0.05) is 11.1 Å². The fraction of sp³-hybridized carbons (Fsp3) is 0.0976. The summed E-state index contributed by atoms with van der Waals surface area (Å²) < 4.78 is 22.9. The molecule has 0 radical (unpaired) electrons. The summed E-state index contributed by atoms with van der Waals surface area (Å²) in [4.78, 5) is 38.0. The summed E-state index contributed by atoms with van der Waals surface area (Å²) in [5.74, 6) is 0.927. The minimum absolute atomic E-state index is 0.00547. The van der Waals surface area contributed by atoms with Crippen molar-refractivity contribution >= 4 is 29.7 Å². The smallest absolute Gasteiger partial charge is 0.338 e. The molecule has 0 N–H and O–H groups in total. The number of ether oxygens (including phenoxy) is 4. The van der Waals surface area contributed by atoms with Gasteiger partial charge in [0.2, 0.25) is 0 Å². The molecule has 240 valence electrons. The lowest BCUT2D eigenvalue weighted by Crippen LogP contribution is -2.31. The number of carbonyl (C=O) groups excluding carboxylic acids is 3. The highest BCUT2D eigenvalue weighted by atomic mass is 16.6. The van der Waals surface area contributed by atoms with E-state index in [1.54, 1.807) is 92.1 Å². The van der Waals surface area contributed by atoms with Gasteiger partial charge in [0.25, 0.3) is 0 Å². The summed E-state index contributed by atoms with van der Waals surface area (Å²) >= 11 is 0. The molecule has 0 amide bonds. The third-order valence-electron chi connectivity index (χ3n) is 7.20. The van der Waals surface area contributed by atoms with Gasteiger partial charge in [-0.15, -0.1) is 0 Å². The third-order valence-corrected chi connectivity index (χ3v) is 7.20. The van der Waals surface area contributed by atoms with Crippen LogP contribution in [-0.2, 0) is 4.74 Å². The van der Waals surface area contributed by atoms with Crippen LogP contribution in [0, 0.1) is 0 Å². The molecule has 0 spiro atoms. The Balaban J connectivity index is 1.20. The van der Waals surface area contributed by atoms with Crippen molar-refractivity contribution in [3.8, 4) is 17.2 Å². The maximum atomic E-state index is 13.0. The van der Waals surface area contributed by atoms with Crippen LogP contribution < -0.4 is 14.2 Å². The maximum absolute atomic E-state index is 13.0. The minimum atomic E-state index is -0.766. The first-order chi connectivity index (χ1) is 23.5. The van der Waals surface area contributed by atoms with Crippen LogP contribution in [-0.4, -0.2) is 44.0 Å². The number of benzene rings is 5. The Labute approximate surface area is 279 Å². The van der Waals surface area contributed by atoms with E-state index in [-0.39, 0.29) is 24.8 Å². The largest absolute Gasteiger partial charge is 0.497 e. The molecule has 7 nitrogen and oxygen atoms in total. The molecular weight excluding hydrogens is 604 g/mol. The molecule has 5 aromatic rings. The van der Waals surface area contributed by atoms with E-state index in [9.17, 15) is 14.4 Å². The number of esters is 1. The zero-order valence-corrected chi connectivity index (χ0v) is 26.4. The van der Waals surface area contributed by atoms with Crippen LogP contribution in [0.25, 0.3) is 12.2 Å². The zero-order valence-electron chi connectivity index (χ0n) is 26.4. The first-order valence-electron chi connectivity index (χ1n) is 15.3. The van der Waals surface area contributed by atoms with Crippen LogP contribution in [0.2, 0.25) is 0 Å². The Morgan fingerprint density at radius 1 is 0.521 bits per heavy atom. The highest BCUT2D eigenvalue weighted by molar-refractivity contribution is 6.07. The lowest BCUT2D eigenvalue weighted by molar-refractivity contribution is 0.00257. The van der Waals surface area contributed by atoms with E-state index in [1.165, 1.54) is 12.2 Å². The lowest BCUT2D eigenvalue weighted by Gasteiger charge is -2.19. The number of ketones is 2. The van der Waals surface area contributed by atoms with Crippen LogP contribution in [0.1, 0.15) is 42.2 Å². The summed E-state index contributed by atoms with van der Waals surface area (Å²) in [6.45, 7) is 0.0238. The molecule has 48 heavy (non-hydrogen) atoms. The number of methoxy groups -OCH3 is 1. The average Bonchev–Trinajstić information content (AvgIpc) is 3.15.